The van der Waals surface area contributed by atoms with E-state index in [2.05, 4.69) is 19.2 Å². The van der Waals surface area contributed by atoms with Crippen molar-refractivity contribution < 1.29 is 4.79 Å². The summed E-state index contributed by atoms with van der Waals surface area (Å²) in [6, 6.07) is 7.84. The fourth-order valence-electron chi connectivity index (χ4n) is 1.86. The second-order valence-corrected chi connectivity index (χ2v) is 5.08. The van der Waals surface area contributed by atoms with E-state index in [4.69, 9.17) is 5.73 Å². The van der Waals surface area contributed by atoms with Crippen molar-refractivity contribution in [1.29, 1.82) is 0 Å². The second-order valence-electron chi connectivity index (χ2n) is 5.08. The average Bonchev–Trinajstić information content (AvgIpc) is 2.26. The van der Waals surface area contributed by atoms with Gasteiger partial charge in [0.15, 0.2) is 0 Å². The van der Waals surface area contributed by atoms with Gasteiger partial charge >= 0.3 is 0 Å². The second kappa shape index (κ2) is 5.32. The Morgan fingerprint density at radius 2 is 2.00 bits per heavy atom. The third-order valence-corrected chi connectivity index (χ3v) is 3.04. The molecule has 0 radical (unpaired) electrons. The highest BCUT2D eigenvalue weighted by atomic mass is 16.1. The molecule has 0 spiro atoms. The number of carbonyl (C=O) groups excluding carboxylic acids is 1. The molecule has 0 aliphatic heterocycles. The number of rotatable bonds is 5. The van der Waals surface area contributed by atoms with Gasteiger partial charge in [0, 0.05) is 0 Å². The van der Waals surface area contributed by atoms with E-state index in [-0.39, 0.29) is 5.91 Å². The molecule has 1 rings (SSSR count). The molecule has 3 heteroatoms. The Kier molecular flexibility index (Phi) is 4.29. The Hall–Kier alpha value is -1.35. The molecule has 0 aliphatic carbocycles. The lowest BCUT2D eigenvalue weighted by molar-refractivity contribution is -0.124. The molecule has 0 aliphatic rings. The lowest BCUT2D eigenvalue weighted by atomic mass is 9.87. The maximum atomic E-state index is 11.7. The first kappa shape index (κ1) is 13.7. The van der Waals surface area contributed by atoms with Gasteiger partial charge in [0.1, 0.15) is 5.54 Å². The van der Waals surface area contributed by atoms with Crippen molar-refractivity contribution >= 4 is 5.91 Å². The van der Waals surface area contributed by atoms with Gasteiger partial charge in [-0.05, 0) is 37.4 Å². The molecule has 1 unspecified atom stereocenters. The monoisotopic (exact) mass is 234 g/mol. The summed E-state index contributed by atoms with van der Waals surface area (Å²) in [5, 5.41) is 3.28. The predicted molar refractivity (Wildman–Crippen MR) is 70.6 cm³/mol. The molecule has 1 aromatic carbocycles. The SMILES string of the molecule is Cc1ccccc1C(C)(NCC(C)C)C(N)=O. The number of carbonyl (C=O) groups is 1. The minimum absolute atomic E-state index is 0.340. The third kappa shape index (κ3) is 3.07. The van der Waals surface area contributed by atoms with Crippen LogP contribution in [-0.2, 0) is 10.3 Å². The van der Waals surface area contributed by atoms with Gasteiger partial charge in [-0.2, -0.15) is 0 Å². The summed E-state index contributed by atoms with van der Waals surface area (Å²) in [6.07, 6.45) is 0. The summed E-state index contributed by atoms with van der Waals surface area (Å²) in [5.74, 6) is 0.130. The quantitative estimate of drug-likeness (QED) is 0.818. The van der Waals surface area contributed by atoms with Crippen LogP contribution in [0.15, 0.2) is 24.3 Å². The maximum Gasteiger partial charge on any atom is 0.242 e. The minimum Gasteiger partial charge on any atom is -0.368 e. The molecule has 1 amide bonds. The summed E-state index contributed by atoms with van der Waals surface area (Å²) in [5.41, 5.74) is 6.79. The molecule has 17 heavy (non-hydrogen) atoms. The molecule has 0 fully saturated rings. The van der Waals surface area contributed by atoms with Gasteiger partial charge in [0.25, 0.3) is 0 Å². The number of nitrogens with one attached hydrogen (secondary N) is 1. The lowest BCUT2D eigenvalue weighted by Crippen LogP contribution is -2.51. The van der Waals surface area contributed by atoms with Gasteiger partial charge in [-0.25, -0.2) is 0 Å². The van der Waals surface area contributed by atoms with Crippen LogP contribution in [0.4, 0.5) is 0 Å². The van der Waals surface area contributed by atoms with Crippen LogP contribution in [0, 0.1) is 12.8 Å². The molecule has 94 valence electrons. The maximum absolute atomic E-state index is 11.7. The van der Waals surface area contributed by atoms with Crippen molar-refractivity contribution in [2.45, 2.75) is 33.2 Å². The Bertz CT molecular complexity index is 401. The Labute approximate surface area is 103 Å². The zero-order valence-electron chi connectivity index (χ0n) is 11.1. The van der Waals surface area contributed by atoms with Crippen LogP contribution in [-0.4, -0.2) is 12.5 Å². The fraction of sp³-hybridized carbons (Fsp3) is 0.500. The number of primary amides is 1. The lowest BCUT2D eigenvalue weighted by Gasteiger charge is -2.30. The van der Waals surface area contributed by atoms with E-state index in [1.165, 1.54) is 0 Å². The number of amides is 1. The first-order chi connectivity index (χ1) is 7.88. The average molecular weight is 234 g/mol. The summed E-state index contributed by atoms with van der Waals surface area (Å²) in [7, 11) is 0. The number of hydrogen-bond donors (Lipinski definition) is 2. The van der Waals surface area contributed by atoms with Gasteiger partial charge in [-0.3, -0.25) is 10.1 Å². The largest absolute Gasteiger partial charge is 0.368 e. The molecule has 0 aromatic heterocycles. The van der Waals surface area contributed by atoms with Crippen molar-refractivity contribution in [2.24, 2.45) is 11.7 Å². The van der Waals surface area contributed by atoms with Crippen LogP contribution >= 0.6 is 0 Å². The topological polar surface area (TPSA) is 55.1 Å². The molecule has 1 atom stereocenters. The summed E-state index contributed by atoms with van der Waals surface area (Å²) in [6.45, 7) is 8.81. The molecular formula is C14H22N2O. The van der Waals surface area contributed by atoms with Gasteiger partial charge in [-0.1, -0.05) is 38.1 Å². The summed E-state index contributed by atoms with van der Waals surface area (Å²) in [4.78, 5) is 11.7. The number of aryl methyl sites for hydroxylation is 1. The Morgan fingerprint density at radius 1 is 1.41 bits per heavy atom. The molecule has 3 N–H and O–H groups in total. The molecule has 0 saturated carbocycles. The Morgan fingerprint density at radius 3 is 2.47 bits per heavy atom. The van der Waals surface area contributed by atoms with Crippen LogP contribution in [0.3, 0.4) is 0 Å². The summed E-state index contributed by atoms with van der Waals surface area (Å²) >= 11 is 0. The highest BCUT2D eigenvalue weighted by Gasteiger charge is 2.33. The zero-order valence-corrected chi connectivity index (χ0v) is 11.1. The molecule has 3 nitrogen and oxygen atoms in total. The van der Waals surface area contributed by atoms with Gasteiger partial charge in [-0.15, -0.1) is 0 Å². The number of benzene rings is 1. The van der Waals surface area contributed by atoms with Crippen molar-refractivity contribution in [1.82, 2.24) is 5.32 Å². The fourth-order valence-corrected chi connectivity index (χ4v) is 1.86. The van der Waals surface area contributed by atoms with Crippen LogP contribution in [0.1, 0.15) is 31.9 Å². The van der Waals surface area contributed by atoms with E-state index in [0.717, 1.165) is 17.7 Å². The van der Waals surface area contributed by atoms with Crippen molar-refractivity contribution in [3.8, 4) is 0 Å². The van der Waals surface area contributed by atoms with Gasteiger partial charge in [0.05, 0.1) is 0 Å². The third-order valence-electron chi connectivity index (χ3n) is 3.04. The van der Waals surface area contributed by atoms with Gasteiger partial charge in [0.2, 0.25) is 5.91 Å². The molecule has 0 heterocycles. The minimum atomic E-state index is -0.796. The van der Waals surface area contributed by atoms with E-state index in [9.17, 15) is 4.79 Å². The molecule has 1 aromatic rings. The number of nitrogens with two attached hydrogens (primary N) is 1. The van der Waals surface area contributed by atoms with E-state index in [1.807, 2.05) is 38.1 Å². The first-order valence-corrected chi connectivity index (χ1v) is 5.99. The van der Waals surface area contributed by atoms with Crippen molar-refractivity contribution in [3.05, 3.63) is 35.4 Å². The van der Waals surface area contributed by atoms with Crippen LogP contribution in [0.2, 0.25) is 0 Å². The first-order valence-electron chi connectivity index (χ1n) is 5.99. The van der Waals surface area contributed by atoms with Crippen molar-refractivity contribution in [3.63, 3.8) is 0 Å². The van der Waals surface area contributed by atoms with E-state index >= 15 is 0 Å². The van der Waals surface area contributed by atoms with Crippen LogP contribution in [0.5, 0.6) is 0 Å². The zero-order chi connectivity index (χ0) is 13.1. The molecular weight excluding hydrogens is 212 g/mol. The van der Waals surface area contributed by atoms with Crippen LogP contribution in [0.25, 0.3) is 0 Å². The molecule has 0 saturated heterocycles. The standard InChI is InChI=1S/C14H22N2O/c1-10(2)9-16-14(4,13(15)17)12-8-6-5-7-11(12)3/h5-8,10,16H,9H2,1-4H3,(H2,15,17). The highest BCUT2D eigenvalue weighted by Crippen LogP contribution is 2.23. The van der Waals surface area contributed by atoms with E-state index in [1.54, 1.807) is 0 Å². The Balaban J connectivity index is 3.08. The predicted octanol–water partition coefficient (Wildman–Crippen LogP) is 1.94. The van der Waals surface area contributed by atoms with E-state index < -0.39 is 5.54 Å². The highest BCUT2D eigenvalue weighted by molar-refractivity contribution is 5.86. The summed E-state index contributed by atoms with van der Waals surface area (Å²) < 4.78 is 0. The molecule has 0 bridgehead atoms. The van der Waals surface area contributed by atoms with Gasteiger partial charge < -0.3 is 5.73 Å². The van der Waals surface area contributed by atoms with E-state index in [0.29, 0.717) is 5.92 Å². The smallest absolute Gasteiger partial charge is 0.242 e. The van der Waals surface area contributed by atoms with Crippen LogP contribution < -0.4 is 11.1 Å². The van der Waals surface area contributed by atoms with Crippen molar-refractivity contribution in [2.75, 3.05) is 6.54 Å². The number of hydrogen-bond acceptors (Lipinski definition) is 2. The normalized spacial score (nSPS) is 14.6.